The van der Waals surface area contributed by atoms with Gasteiger partial charge in [0, 0.05) is 12.0 Å². The van der Waals surface area contributed by atoms with Gasteiger partial charge < -0.3 is 14.8 Å². The molecule has 0 fully saturated rings. The molecular weight excluding hydrogens is 370 g/mol. The minimum atomic E-state index is -0.931. The highest BCUT2D eigenvalue weighted by molar-refractivity contribution is 5.96. The molecule has 1 aliphatic rings. The zero-order valence-electron chi connectivity index (χ0n) is 17.0. The SMILES string of the molecule is C[C@H](OC(=O)c1ccc2c(c1)C[C@@H](c1ccccc1)OC2=O)C(=O)NC(C)(C)C. The summed E-state index contributed by atoms with van der Waals surface area (Å²) in [5.74, 6) is -1.39. The Labute approximate surface area is 170 Å². The van der Waals surface area contributed by atoms with Crippen LogP contribution < -0.4 is 5.32 Å². The van der Waals surface area contributed by atoms with E-state index in [1.165, 1.54) is 13.0 Å². The van der Waals surface area contributed by atoms with E-state index in [0.717, 1.165) is 11.1 Å². The van der Waals surface area contributed by atoms with E-state index in [0.29, 0.717) is 17.5 Å². The number of rotatable bonds is 4. The molecule has 0 bridgehead atoms. The van der Waals surface area contributed by atoms with Crippen LogP contribution in [0.25, 0.3) is 0 Å². The Morgan fingerprint density at radius 3 is 2.48 bits per heavy atom. The van der Waals surface area contributed by atoms with Gasteiger partial charge in [0.15, 0.2) is 6.10 Å². The lowest BCUT2D eigenvalue weighted by atomic mass is 9.93. The number of ether oxygens (including phenoxy) is 2. The first-order valence-corrected chi connectivity index (χ1v) is 9.56. The van der Waals surface area contributed by atoms with E-state index in [2.05, 4.69) is 5.32 Å². The van der Waals surface area contributed by atoms with Crippen LogP contribution in [0.5, 0.6) is 0 Å². The van der Waals surface area contributed by atoms with E-state index in [9.17, 15) is 14.4 Å². The molecule has 6 heteroatoms. The second-order valence-electron chi connectivity index (χ2n) is 8.17. The van der Waals surface area contributed by atoms with Crippen LogP contribution in [-0.2, 0) is 20.7 Å². The van der Waals surface area contributed by atoms with Crippen molar-refractivity contribution in [2.45, 2.75) is 51.9 Å². The van der Waals surface area contributed by atoms with Crippen molar-refractivity contribution in [1.82, 2.24) is 5.32 Å². The molecular formula is C23H25NO5. The first kappa shape index (κ1) is 20.6. The Morgan fingerprint density at radius 1 is 1.14 bits per heavy atom. The fourth-order valence-electron chi connectivity index (χ4n) is 3.13. The lowest BCUT2D eigenvalue weighted by molar-refractivity contribution is -0.130. The molecule has 1 aliphatic heterocycles. The van der Waals surface area contributed by atoms with Gasteiger partial charge in [-0.2, -0.15) is 0 Å². The molecule has 0 aromatic heterocycles. The smallest absolute Gasteiger partial charge is 0.339 e. The molecule has 0 saturated carbocycles. The van der Waals surface area contributed by atoms with E-state index in [-0.39, 0.29) is 5.91 Å². The third-order valence-electron chi connectivity index (χ3n) is 4.54. The minimum absolute atomic E-state index is 0.292. The number of benzene rings is 2. The van der Waals surface area contributed by atoms with Crippen LogP contribution in [0.1, 0.15) is 65.6 Å². The summed E-state index contributed by atoms with van der Waals surface area (Å²) >= 11 is 0. The third kappa shape index (κ3) is 5.02. The summed E-state index contributed by atoms with van der Waals surface area (Å²) in [6, 6.07) is 14.2. The van der Waals surface area contributed by atoms with Crippen molar-refractivity contribution in [2.75, 3.05) is 0 Å². The highest BCUT2D eigenvalue weighted by Gasteiger charge is 2.29. The van der Waals surface area contributed by atoms with E-state index >= 15 is 0 Å². The number of hydrogen-bond donors (Lipinski definition) is 1. The average Bonchev–Trinajstić information content (AvgIpc) is 2.66. The number of carbonyl (C=O) groups excluding carboxylic acids is 3. The number of cyclic esters (lactones) is 1. The number of nitrogens with one attached hydrogen (secondary N) is 1. The Hall–Kier alpha value is -3.15. The zero-order valence-corrected chi connectivity index (χ0v) is 17.0. The van der Waals surface area contributed by atoms with Crippen molar-refractivity contribution in [3.05, 3.63) is 70.8 Å². The predicted octanol–water partition coefficient (Wildman–Crippen LogP) is 3.60. The van der Waals surface area contributed by atoms with Gasteiger partial charge >= 0.3 is 11.9 Å². The highest BCUT2D eigenvalue weighted by Crippen LogP contribution is 2.31. The molecule has 0 saturated heterocycles. The number of esters is 2. The molecule has 0 spiro atoms. The van der Waals surface area contributed by atoms with Gasteiger partial charge in [-0.05, 0) is 57.0 Å². The molecule has 0 unspecified atom stereocenters. The van der Waals surface area contributed by atoms with Gasteiger partial charge in [-0.25, -0.2) is 9.59 Å². The number of fused-ring (bicyclic) bond motifs is 1. The van der Waals surface area contributed by atoms with Crippen LogP contribution in [0.4, 0.5) is 0 Å². The molecule has 1 amide bonds. The Kier molecular flexibility index (Phi) is 5.73. The van der Waals surface area contributed by atoms with E-state index in [1.54, 1.807) is 12.1 Å². The van der Waals surface area contributed by atoms with Gasteiger partial charge in [-0.15, -0.1) is 0 Å². The molecule has 6 nitrogen and oxygen atoms in total. The summed E-state index contributed by atoms with van der Waals surface area (Å²) in [7, 11) is 0. The van der Waals surface area contributed by atoms with Crippen LogP contribution in [0, 0.1) is 0 Å². The van der Waals surface area contributed by atoms with Crippen molar-refractivity contribution in [2.24, 2.45) is 0 Å². The second kappa shape index (κ2) is 8.07. The average molecular weight is 395 g/mol. The summed E-state index contributed by atoms with van der Waals surface area (Å²) < 4.78 is 10.8. The van der Waals surface area contributed by atoms with Crippen LogP contribution in [-0.4, -0.2) is 29.5 Å². The van der Waals surface area contributed by atoms with E-state index in [4.69, 9.17) is 9.47 Å². The van der Waals surface area contributed by atoms with Crippen LogP contribution in [0.15, 0.2) is 48.5 Å². The highest BCUT2D eigenvalue weighted by atomic mass is 16.6. The summed E-state index contributed by atoms with van der Waals surface area (Å²) in [6.07, 6.45) is -0.870. The molecule has 1 N–H and O–H groups in total. The fourth-order valence-corrected chi connectivity index (χ4v) is 3.13. The molecule has 3 rings (SSSR count). The molecule has 29 heavy (non-hydrogen) atoms. The van der Waals surface area contributed by atoms with Crippen molar-refractivity contribution in [3.63, 3.8) is 0 Å². The fraction of sp³-hybridized carbons (Fsp3) is 0.348. The van der Waals surface area contributed by atoms with Crippen LogP contribution in [0.3, 0.4) is 0 Å². The van der Waals surface area contributed by atoms with Gasteiger partial charge in [-0.1, -0.05) is 30.3 Å². The van der Waals surface area contributed by atoms with Gasteiger partial charge in [0.05, 0.1) is 11.1 Å². The molecule has 152 valence electrons. The zero-order chi connectivity index (χ0) is 21.2. The van der Waals surface area contributed by atoms with Gasteiger partial charge in [0.25, 0.3) is 5.91 Å². The number of amides is 1. The summed E-state index contributed by atoms with van der Waals surface area (Å²) in [5, 5.41) is 2.78. The standard InChI is InChI=1S/C23H25NO5/c1-14(20(25)24-23(2,3)4)28-21(26)16-10-11-18-17(12-16)13-19(29-22(18)27)15-8-6-5-7-9-15/h5-12,14,19H,13H2,1-4H3,(H,24,25)/t14-,19-/m0/s1. The second-order valence-corrected chi connectivity index (χ2v) is 8.17. The van der Waals surface area contributed by atoms with Gasteiger partial charge in [0.1, 0.15) is 6.10 Å². The summed E-state index contributed by atoms with van der Waals surface area (Å²) in [6.45, 7) is 7.08. The van der Waals surface area contributed by atoms with Crippen LogP contribution in [0.2, 0.25) is 0 Å². The molecule has 2 aromatic carbocycles. The van der Waals surface area contributed by atoms with Gasteiger partial charge in [-0.3, -0.25) is 4.79 Å². The first-order valence-electron chi connectivity index (χ1n) is 9.56. The van der Waals surface area contributed by atoms with E-state index in [1.807, 2.05) is 51.1 Å². The molecule has 0 radical (unpaired) electrons. The topological polar surface area (TPSA) is 81.7 Å². The van der Waals surface area contributed by atoms with Crippen molar-refractivity contribution < 1.29 is 23.9 Å². The Bertz CT molecular complexity index is 930. The normalized spacial score (nSPS) is 17.0. The summed E-state index contributed by atoms with van der Waals surface area (Å²) in [5.41, 5.74) is 1.92. The van der Waals surface area contributed by atoms with Crippen molar-refractivity contribution in [3.8, 4) is 0 Å². The lowest BCUT2D eigenvalue weighted by Gasteiger charge is -2.25. The molecule has 2 atom stereocenters. The number of hydrogen-bond acceptors (Lipinski definition) is 5. The molecule has 2 aromatic rings. The summed E-state index contributed by atoms with van der Waals surface area (Å²) in [4.78, 5) is 37.0. The maximum atomic E-state index is 12.5. The lowest BCUT2D eigenvalue weighted by Crippen LogP contribution is -2.46. The van der Waals surface area contributed by atoms with E-state index < -0.39 is 29.7 Å². The Balaban J connectivity index is 1.75. The van der Waals surface area contributed by atoms with Crippen LogP contribution >= 0.6 is 0 Å². The largest absolute Gasteiger partial charge is 0.454 e. The minimum Gasteiger partial charge on any atom is -0.454 e. The molecule has 0 aliphatic carbocycles. The Morgan fingerprint density at radius 2 is 1.83 bits per heavy atom. The first-order chi connectivity index (χ1) is 13.6. The quantitative estimate of drug-likeness (QED) is 0.800. The maximum Gasteiger partial charge on any atom is 0.339 e. The number of carbonyl (C=O) groups is 3. The monoisotopic (exact) mass is 395 g/mol. The van der Waals surface area contributed by atoms with Gasteiger partial charge in [0.2, 0.25) is 0 Å². The van der Waals surface area contributed by atoms with Crippen molar-refractivity contribution >= 4 is 17.8 Å². The van der Waals surface area contributed by atoms with Crippen molar-refractivity contribution in [1.29, 1.82) is 0 Å². The predicted molar refractivity (Wildman–Crippen MR) is 108 cm³/mol. The molecule has 1 heterocycles. The maximum absolute atomic E-state index is 12.5. The third-order valence-corrected chi connectivity index (χ3v) is 4.54.